The van der Waals surface area contributed by atoms with E-state index in [9.17, 15) is 4.79 Å². The highest BCUT2D eigenvalue weighted by Crippen LogP contribution is 2.16. The van der Waals surface area contributed by atoms with Crippen LogP contribution in [0.3, 0.4) is 0 Å². The Morgan fingerprint density at radius 3 is 2.82 bits per heavy atom. The molecule has 0 radical (unpaired) electrons. The fourth-order valence-electron chi connectivity index (χ4n) is 2.39. The lowest BCUT2D eigenvalue weighted by atomic mass is 10.1. The largest absolute Gasteiger partial charge is 0.374 e. The van der Waals surface area contributed by atoms with Crippen molar-refractivity contribution in [2.24, 2.45) is 5.73 Å². The van der Waals surface area contributed by atoms with E-state index in [1.54, 1.807) is 0 Å². The van der Waals surface area contributed by atoms with Crippen molar-refractivity contribution in [2.75, 3.05) is 32.8 Å². The molecule has 22 heavy (non-hydrogen) atoms. The van der Waals surface area contributed by atoms with Gasteiger partial charge in [0.2, 0.25) is 5.91 Å². The van der Waals surface area contributed by atoms with Crippen LogP contribution >= 0.6 is 28.3 Å². The van der Waals surface area contributed by atoms with E-state index in [0.29, 0.717) is 19.7 Å². The molecule has 2 unspecified atom stereocenters. The average molecular weight is 393 g/mol. The maximum absolute atomic E-state index is 12.1. The first-order chi connectivity index (χ1) is 10.1. The Hall–Kier alpha value is -0.660. The number of carbonyl (C=O) groups excluding carboxylic acids is 1. The van der Waals surface area contributed by atoms with E-state index >= 15 is 0 Å². The molecule has 1 fully saturated rings. The van der Waals surface area contributed by atoms with Gasteiger partial charge in [-0.2, -0.15) is 0 Å². The maximum atomic E-state index is 12.1. The Morgan fingerprint density at radius 2 is 2.18 bits per heavy atom. The lowest BCUT2D eigenvalue weighted by Gasteiger charge is -2.32. The average Bonchev–Trinajstić information content (AvgIpc) is 2.47. The van der Waals surface area contributed by atoms with Crippen LogP contribution in [0.4, 0.5) is 0 Å². The summed E-state index contributed by atoms with van der Waals surface area (Å²) in [6.45, 7) is 5.00. The molecule has 124 valence electrons. The summed E-state index contributed by atoms with van der Waals surface area (Å²) in [4.78, 5) is 14.2. The third-order valence-electron chi connectivity index (χ3n) is 3.60. The third kappa shape index (κ3) is 5.85. The van der Waals surface area contributed by atoms with Gasteiger partial charge in [-0.25, -0.2) is 0 Å². The molecule has 2 atom stereocenters. The first-order valence-corrected chi connectivity index (χ1v) is 7.96. The van der Waals surface area contributed by atoms with E-state index in [1.165, 1.54) is 0 Å². The topological polar surface area (TPSA) is 67.6 Å². The van der Waals surface area contributed by atoms with Crippen molar-refractivity contribution in [3.63, 3.8) is 0 Å². The Bertz CT molecular complexity index is 472. The second-order valence-electron chi connectivity index (χ2n) is 5.30. The minimum atomic E-state index is -0.00283. The standard InChI is InChI=1S/C15H22BrN3O2.ClH/c1-11(12-2-4-13(16)5-3-12)18-15(20)10-19-6-7-21-14(8-17)9-19;/h2-5,11,14H,6-10,17H2,1H3,(H,18,20);1H. The molecule has 3 N–H and O–H groups in total. The predicted molar refractivity (Wildman–Crippen MR) is 93.2 cm³/mol. The molecule has 5 nitrogen and oxygen atoms in total. The van der Waals surface area contributed by atoms with Crippen molar-refractivity contribution in [1.29, 1.82) is 0 Å². The Balaban J connectivity index is 0.00000242. The van der Waals surface area contributed by atoms with Gasteiger partial charge in [0, 0.05) is 24.1 Å². The highest BCUT2D eigenvalue weighted by atomic mass is 79.9. The first kappa shape index (κ1) is 19.4. The van der Waals surface area contributed by atoms with E-state index in [-0.39, 0.29) is 30.5 Å². The summed E-state index contributed by atoms with van der Waals surface area (Å²) in [6, 6.07) is 7.97. The van der Waals surface area contributed by atoms with Crippen LogP contribution in [0.25, 0.3) is 0 Å². The van der Waals surface area contributed by atoms with Gasteiger partial charge < -0.3 is 15.8 Å². The molecule has 1 amide bonds. The van der Waals surface area contributed by atoms with Crippen molar-refractivity contribution in [2.45, 2.75) is 19.1 Å². The van der Waals surface area contributed by atoms with Crippen LogP contribution in [0.5, 0.6) is 0 Å². The van der Waals surface area contributed by atoms with Crippen molar-refractivity contribution in [1.82, 2.24) is 10.2 Å². The second-order valence-corrected chi connectivity index (χ2v) is 6.22. The van der Waals surface area contributed by atoms with Crippen molar-refractivity contribution in [3.8, 4) is 0 Å². The minimum absolute atomic E-state index is 0. The van der Waals surface area contributed by atoms with Crippen molar-refractivity contribution < 1.29 is 9.53 Å². The molecular formula is C15H23BrClN3O2. The minimum Gasteiger partial charge on any atom is -0.374 e. The van der Waals surface area contributed by atoms with Crippen LogP contribution in [0.1, 0.15) is 18.5 Å². The number of benzene rings is 1. The lowest BCUT2D eigenvalue weighted by Crippen LogP contribution is -2.49. The summed E-state index contributed by atoms with van der Waals surface area (Å²) in [5.41, 5.74) is 6.70. The van der Waals surface area contributed by atoms with E-state index in [2.05, 4.69) is 26.1 Å². The molecule has 1 saturated heterocycles. The fraction of sp³-hybridized carbons (Fsp3) is 0.533. The Kier molecular flexibility index (Phi) is 8.35. The van der Waals surface area contributed by atoms with E-state index in [4.69, 9.17) is 10.5 Å². The number of nitrogens with two attached hydrogens (primary N) is 1. The zero-order valence-electron chi connectivity index (χ0n) is 12.6. The van der Waals surface area contributed by atoms with E-state index < -0.39 is 0 Å². The van der Waals surface area contributed by atoms with Crippen molar-refractivity contribution in [3.05, 3.63) is 34.3 Å². The molecule has 0 spiro atoms. The number of hydrogen-bond acceptors (Lipinski definition) is 4. The van der Waals surface area contributed by atoms with Gasteiger partial charge in [-0.3, -0.25) is 9.69 Å². The van der Waals surface area contributed by atoms with Gasteiger partial charge in [0.15, 0.2) is 0 Å². The Labute approximate surface area is 146 Å². The lowest BCUT2D eigenvalue weighted by molar-refractivity contribution is -0.124. The molecule has 1 aliphatic rings. The Morgan fingerprint density at radius 1 is 1.50 bits per heavy atom. The smallest absolute Gasteiger partial charge is 0.234 e. The summed E-state index contributed by atoms with van der Waals surface area (Å²) in [5, 5.41) is 3.03. The molecule has 0 bridgehead atoms. The number of halogens is 2. The quantitative estimate of drug-likeness (QED) is 0.800. The van der Waals surface area contributed by atoms with Crippen LogP contribution in [0, 0.1) is 0 Å². The molecule has 1 heterocycles. The van der Waals surface area contributed by atoms with E-state index in [1.807, 2.05) is 31.2 Å². The highest BCUT2D eigenvalue weighted by molar-refractivity contribution is 9.10. The SMILES string of the molecule is CC(NC(=O)CN1CCOC(CN)C1)c1ccc(Br)cc1.Cl. The molecule has 1 aromatic rings. The molecule has 0 aromatic heterocycles. The molecule has 0 aliphatic carbocycles. The third-order valence-corrected chi connectivity index (χ3v) is 4.13. The summed E-state index contributed by atoms with van der Waals surface area (Å²) in [7, 11) is 0. The van der Waals surface area contributed by atoms with Crippen LogP contribution in [0.15, 0.2) is 28.7 Å². The van der Waals surface area contributed by atoms with Gasteiger partial charge in [0.1, 0.15) is 0 Å². The van der Waals surface area contributed by atoms with Gasteiger partial charge >= 0.3 is 0 Å². The van der Waals surface area contributed by atoms with Crippen LogP contribution in [-0.2, 0) is 9.53 Å². The molecule has 1 aromatic carbocycles. The molecule has 2 rings (SSSR count). The number of morpholine rings is 1. The number of ether oxygens (including phenoxy) is 1. The molecule has 7 heteroatoms. The number of nitrogens with one attached hydrogen (secondary N) is 1. The number of amides is 1. The number of rotatable bonds is 5. The summed E-state index contributed by atoms with van der Waals surface area (Å²) in [6.07, 6.45) is 0.0375. The summed E-state index contributed by atoms with van der Waals surface area (Å²) < 4.78 is 6.53. The van der Waals surface area contributed by atoms with Gasteiger partial charge in [-0.05, 0) is 24.6 Å². The normalized spacial score (nSPS) is 20.0. The molecule has 0 saturated carbocycles. The predicted octanol–water partition coefficient (Wildman–Crippen LogP) is 1.71. The maximum Gasteiger partial charge on any atom is 0.234 e. The summed E-state index contributed by atoms with van der Waals surface area (Å²) in [5.74, 6) is 0.0306. The van der Waals surface area contributed by atoms with Crippen LogP contribution in [-0.4, -0.2) is 49.7 Å². The zero-order chi connectivity index (χ0) is 15.2. The molecule has 1 aliphatic heterocycles. The van der Waals surface area contributed by atoms with Crippen molar-refractivity contribution >= 4 is 34.2 Å². The van der Waals surface area contributed by atoms with Crippen LogP contribution < -0.4 is 11.1 Å². The fourth-order valence-corrected chi connectivity index (χ4v) is 2.66. The van der Waals surface area contributed by atoms with Gasteiger partial charge in [-0.15, -0.1) is 12.4 Å². The molecular weight excluding hydrogens is 370 g/mol. The van der Waals surface area contributed by atoms with Crippen LogP contribution in [0.2, 0.25) is 0 Å². The van der Waals surface area contributed by atoms with E-state index in [0.717, 1.165) is 23.1 Å². The number of carbonyl (C=O) groups is 1. The van der Waals surface area contributed by atoms with Gasteiger partial charge in [0.25, 0.3) is 0 Å². The summed E-state index contributed by atoms with van der Waals surface area (Å²) >= 11 is 3.41. The highest BCUT2D eigenvalue weighted by Gasteiger charge is 2.21. The second kappa shape index (κ2) is 9.47. The number of nitrogens with zero attached hydrogens (tertiary/aromatic N) is 1. The number of hydrogen-bond donors (Lipinski definition) is 2. The monoisotopic (exact) mass is 391 g/mol. The van der Waals surface area contributed by atoms with Gasteiger partial charge in [0.05, 0.1) is 25.3 Å². The zero-order valence-corrected chi connectivity index (χ0v) is 15.0. The van der Waals surface area contributed by atoms with Gasteiger partial charge in [-0.1, -0.05) is 28.1 Å². The first-order valence-electron chi connectivity index (χ1n) is 7.17.